The van der Waals surface area contributed by atoms with Crippen molar-refractivity contribution in [2.45, 2.75) is 122 Å². The molecule has 20 atom stereocenters. The molecule has 0 aromatic heterocycles. The Morgan fingerprint density at radius 3 is 1.94 bits per heavy atom. The van der Waals surface area contributed by atoms with Crippen LogP contribution in [-0.4, -0.2) is 115 Å². The summed E-state index contributed by atoms with van der Waals surface area (Å²) in [6.07, 6.45) is -9.91. The van der Waals surface area contributed by atoms with Crippen LogP contribution >= 0.6 is 0 Å². The van der Waals surface area contributed by atoms with Crippen LogP contribution < -0.4 is 0 Å². The summed E-state index contributed by atoms with van der Waals surface area (Å²) in [6, 6.07) is 0. The fourth-order valence-electron chi connectivity index (χ4n) is 12.5. The maximum absolute atomic E-state index is 14.4. The number of epoxide rings is 1. The van der Waals surface area contributed by atoms with Crippen LogP contribution in [0.25, 0.3) is 0 Å². The van der Waals surface area contributed by atoms with Crippen molar-refractivity contribution in [1.82, 2.24) is 0 Å². The predicted octanol–water partition coefficient (Wildman–Crippen LogP) is -0.993. The van der Waals surface area contributed by atoms with Gasteiger partial charge in [0.25, 0.3) is 0 Å². The van der Waals surface area contributed by atoms with Crippen LogP contribution in [0.4, 0.5) is 0 Å². The molecule has 0 bridgehead atoms. The zero-order chi connectivity index (χ0) is 36.3. The zero-order valence-electron chi connectivity index (χ0n) is 28.7. The summed E-state index contributed by atoms with van der Waals surface area (Å²) in [4.78, 5) is 66.1. The van der Waals surface area contributed by atoms with Gasteiger partial charge in [-0.25, -0.2) is 4.79 Å². The number of aliphatic hydroxyl groups excluding tert-OH is 3. The van der Waals surface area contributed by atoms with Crippen molar-refractivity contribution in [3.05, 3.63) is 0 Å². The number of esters is 4. The molecular formula is C34H46O15. The summed E-state index contributed by atoms with van der Waals surface area (Å²) in [5.41, 5.74) is -7.47. The van der Waals surface area contributed by atoms with Crippen molar-refractivity contribution in [2.75, 3.05) is 0 Å². The highest BCUT2D eigenvalue weighted by molar-refractivity contribution is 5.88. The van der Waals surface area contributed by atoms with Crippen molar-refractivity contribution in [3.63, 3.8) is 0 Å². The number of ketones is 1. The summed E-state index contributed by atoms with van der Waals surface area (Å²) in [5, 5.41) is 60.3. The molecule has 5 aliphatic carbocycles. The Morgan fingerprint density at radius 1 is 0.796 bits per heavy atom. The second-order valence-corrected chi connectivity index (χ2v) is 16.5. The van der Waals surface area contributed by atoms with Gasteiger partial charge >= 0.3 is 23.9 Å². The first-order valence-electron chi connectivity index (χ1n) is 17.0. The van der Waals surface area contributed by atoms with Gasteiger partial charge < -0.3 is 49.2 Å². The minimum atomic E-state index is -2.68. The fourth-order valence-corrected chi connectivity index (χ4v) is 12.5. The minimum Gasteiger partial charge on any atom is -0.459 e. The molecule has 15 nitrogen and oxygen atoms in total. The van der Waals surface area contributed by atoms with Crippen LogP contribution in [0.15, 0.2) is 0 Å². The van der Waals surface area contributed by atoms with E-state index in [1.807, 2.05) is 0 Å². The van der Waals surface area contributed by atoms with E-state index >= 15 is 0 Å². The van der Waals surface area contributed by atoms with Crippen molar-refractivity contribution < 1.29 is 73.2 Å². The van der Waals surface area contributed by atoms with E-state index in [4.69, 9.17) is 23.7 Å². The Morgan fingerprint density at radius 2 is 1.37 bits per heavy atom. The highest BCUT2D eigenvalue weighted by atomic mass is 16.7. The number of fused-ring (bicyclic) bond motifs is 10. The number of hydrogen-bond acceptors (Lipinski definition) is 15. The molecule has 15 heteroatoms. The molecule has 7 rings (SSSR count). The van der Waals surface area contributed by atoms with Gasteiger partial charge in [0.15, 0.2) is 11.4 Å². The Labute approximate surface area is 282 Å². The van der Waals surface area contributed by atoms with E-state index in [1.54, 1.807) is 20.8 Å². The molecule has 0 aromatic rings. The lowest BCUT2D eigenvalue weighted by Gasteiger charge is -2.65. The van der Waals surface area contributed by atoms with Gasteiger partial charge in [-0.05, 0) is 32.1 Å². The maximum Gasteiger partial charge on any atom is 0.341 e. The van der Waals surface area contributed by atoms with E-state index in [9.17, 15) is 49.5 Å². The SMILES string of the molecule is CC(=O)O[C@H]1[C@H]2[C@H]([C@@H]3[C@@H](O)[C@@H]4[C@H]([C@H](C)C(O)[C@]5(O)OC(=O)[C@@](C)(O)[C@]45C)[C@@]3(C)[C@H]1OC(C)=O)[C@@H](O)C(=O)[C@H]1C[C@@H]3O[C@@H]3[C@H](OC(C)=O)[C@]21C. The minimum absolute atomic E-state index is 0.176. The Kier molecular flexibility index (Phi) is 7.25. The fraction of sp³-hybridized carbons (Fsp3) is 0.853. The molecule has 0 aromatic carbocycles. The first kappa shape index (κ1) is 34.7. The third kappa shape index (κ3) is 3.86. The molecule has 0 amide bonds. The summed E-state index contributed by atoms with van der Waals surface area (Å²) < 4.78 is 29.3. The number of rotatable bonds is 3. The molecule has 2 heterocycles. The lowest BCUT2D eigenvalue weighted by atomic mass is 9.40. The smallest absolute Gasteiger partial charge is 0.341 e. The molecule has 2 saturated heterocycles. The molecule has 272 valence electrons. The molecule has 0 spiro atoms. The van der Waals surface area contributed by atoms with Crippen molar-refractivity contribution in [3.8, 4) is 0 Å². The molecular weight excluding hydrogens is 648 g/mol. The van der Waals surface area contributed by atoms with Gasteiger partial charge in [-0.1, -0.05) is 20.8 Å². The van der Waals surface area contributed by atoms with Crippen LogP contribution in [0.5, 0.6) is 0 Å². The van der Waals surface area contributed by atoms with Gasteiger partial charge in [-0.2, -0.15) is 0 Å². The van der Waals surface area contributed by atoms with E-state index in [2.05, 4.69) is 0 Å². The lowest BCUT2D eigenvalue weighted by molar-refractivity contribution is -0.340. The summed E-state index contributed by atoms with van der Waals surface area (Å²) in [7, 11) is 0. The largest absolute Gasteiger partial charge is 0.459 e. The van der Waals surface area contributed by atoms with E-state index in [1.165, 1.54) is 13.8 Å². The number of aliphatic hydroxyl groups is 5. The number of carbonyl (C=O) groups is 5. The standard InChI is InChI=1S/C34H46O15/c1-10-17-20(32(7)33(8,43)29(42)49-34(32,44)26(10)41)23(40)18-16-19(25(45-11(2)35)28(31(17,18)6)47-13(4)37)30(5)14(21(38)22(16)39)9-15-24(48-15)27(30)46-12(3)36/h10,14-20,22-28,39-41,43-44H,9H2,1-8H3/t10-,14+,15-,16-,17-,18+,19+,20-,22+,23+,24-,25-,26?,27-,28-,30-,31+,32-,33+,34-/m0/s1. The van der Waals surface area contributed by atoms with Crippen LogP contribution in [0.1, 0.15) is 61.8 Å². The third-order valence-electron chi connectivity index (χ3n) is 14.5. The average molecular weight is 695 g/mol. The molecule has 1 unspecified atom stereocenters. The van der Waals surface area contributed by atoms with Crippen LogP contribution in [0, 0.1) is 57.7 Å². The molecule has 7 aliphatic rings. The van der Waals surface area contributed by atoms with Gasteiger partial charge in [0.1, 0.15) is 36.6 Å². The molecule has 5 saturated carbocycles. The van der Waals surface area contributed by atoms with Gasteiger partial charge in [0.2, 0.25) is 5.79 Å². The Hall–Kier alpha value is -2.69. The van der Waals surface area contributed by atoms with Gasteiger partial charge in [0, 0.05) is 61.2 Å². The van der Waals surface area contributed by atoms with Crippen molar-refractivity contribution >= 4 is 29.7 Å². The lowest BCUT2D eigenvalue weighted by Crippen LogP contribution is -2.75. The van der Waals surface area contributed by atoms with Crippen molar-refractivity contribution in [1.29, 1.82) is 0 Å². The zero-order valence-corrected chi connectivity index (χ0v) is 28.7. The number of Topliss-reactive ketones (excluding diaryl/α,β-unsaturated/α-hetero) is 1. The Bertz CT molecular complexity index is 1530. The van der Waals surface area contributed by atoms with E-state index < -0.39 is 148 Å². The summed E-state index contributed by atoms with van der Waals surface area (Å²) in [5.74, 6) is -14.5. The van der Waals surface area contributed by atoms with E-state index in [-0.39, 0.29) is 6.42 Å². The molecule has 0 radical (unpaired) electrons. The first-order valence-corrected chi connectivity index (χ1v) is 17.0. The van der Waals surface area contributed by atoms with E-state index in [0.29, 0.717) is 0 Å². The molecule has 49 heavy (non-hydrogen) atoms. The van der Waals surface area contributed by atoms with Crippen molar-refractivity contribution in [2.24, 2.45) is 57.7 Å². The molecule has 5 N–H and O–H groups in total. The normalized spacial score (nSPS) is 58.0. The second kappa shape index (κ2) is 10.2. The maximum atomic E-state index is 14.4. The highest BCUT2D eigenvalue weighted by Crippen LogP contribution is 2.77. The molecule has 2 aliphatic heterocycles. The molecule has 7 fully saturated rings. The summed E-state index contributed by atoms with van der Waals surface area (Å²) >= 11 is 0. The second-order valence-electron chi connectivity index (χ2n) is 16.5. The quantitative estimate of drug-likeness (QED) is 0.135. The van der Waals surface area contributed by atoms with Crippen LogP contribution in [0.2, 0.25) is 0 Å². The first-order chi connectivity index (χ1) is 22.5. The number of hydrogen-bond donors (Lipinski definition) is 5. The average Bonchev–Trinajstić information content (AvgIpc) is 3.69. The number of ether oxygens (including phenoxy) is 5. The van der Waals surface area contributed by atoms with E-state index in [0.717, 1.165) is 20.8 Å². The third-order valence-corrected chi connectivity index (χ3v) is 14.5. The summed E-state index contributed by atoms with van der Waals surface area (Å²) in [6.45, 7) is 10.9. The van der Waals surface area contributed by atoms with Gasteiger partial charge in [-0.15, -0.1) is 0 Å². The highest BCUT2D eigenvalue weighted by Gasteiger charge is 2.87. The topological polar surface area (TPSA) is 236 Å². The van der Waals surface area contributed by atoms with Crippen LogP contribution in [0.3, 0.4) is 0 Å². The predicted molar refractivity (Wildman–Crippen MR) is 159 cm³/mol. The Balaban J connectivity index is 1.51. The van der Waals surface area contributed by atoms with Gasteiger partial charge in [-0.3, -0.25) is 19.2 Å². The number of carbonyl (C=O) groups excluding carboxylic acids is 5. The van der Waals surface area contributed by atoms with Gasteiger partial charge in [0.05, 0.1) is 17.6 Å². The monoisotopic (exact) mass is 694 g/mol. The van der Waals surface area contributed by atoms with Crippen LogP contribution in [-0.2, 0) is 47.7 Å².